The zero-order valence-corrected chi connectivity index (χ0v) is 20.6. The molecule has 0 saturated carbocycles. The van der Waals surface area contributed by atoms with Crippen LogP contribution < -0.4 is 14.2 Å². The lowest BCUT2D eigenvalue weighted by molar-refractivity contribution is 0.214. The fourth-order valence-electron chi connectivity index (χ4n) is 3.49. The van der Waals surface area contributed by atoms with Gasteiger partial charge < -0.3 is 19.0 Å². The highest BCUT2D eigenvalue weighted by Gasteiger charge is 2.07. The Labute approximate surface area is 199 Å². The van der Waals surface area contributed by atoms with Crippen molar-refractivity contribution in [1.29, 1.82) is 0 Å². The second-order valence-corrected chi connectivity index (χ2v) is 8.03. The molecule has 5 heteroatoms. The van der Waals surface area contributed by atoms with Crippen LogP contribution >= 0.6 is 0 Å². The lowest BCUT2D eigenvalue weighted by atomic mass is 10.1. The van der Waals surface area contributed by atoms with Gasteiger partial charge in [-0.25, -0.2) is 0 Å². The van der Waals surface area contributed by atoms with Gasteiger partial charge in [-0.05, 0) is 100 Å². The molecule has 2 aromatic rings. The van der Waals surface area contributed by atoms with Crippen LogP contribution in [-0.4, -0.2) is 33.1 Å². The van der Waals surface area contributed by atoms with Gasteiger partial charge in [0.1, 0.15) is 31.0 Å². The summed E-state index contributed by atoms with van der Waals surface area (Å²) in [5, 5.41) is 3.75. The van der Waals surface area contributed by atoms with Crippen LogP contribution in [0.4, 0.5) is 0 Å². The predicted octanol–water partition coefficient (Wildman–Crippen LogP) is 6.84. The average Bonchev–Trinajstić information content (AvgIpc) is 2.81. The highest BCUT2D eigenvalue weighted by atomic mass is 16.6. The first-order valence-corrected chi connectivity index (χ1v) is 11.9. The number of aryl methyl sites for hydroxylation is 3. The number of rotatable bonds is 16. The van der Waals surface area contributed by atoms with Crippen LogP contribution in [0.1, 0.15) is 55.7 Å². The van der Waals surface area contributed by atoms with E-state index in [1.165, 1.54) is 5.56 Å². The van der Waals surface area contributed by atoms with Crippen LogP contribution in [0.25, 0.3) is 0 Å². The largest absolute Gasteiger partial charge is 0.494 e. The molecule has 0 radical (unpaired) electrons. The Morgan fingerprint density at radius 2 is 1.48 bits per heavy atom. The van der Waals surface area contributed by atoms with Gasteiger partial charge >= 0.3 is 0 Å². The Morgan fingerprint density at radius 3 is 2.12 bits per heavy atom. The van der Waals surface area contributed by atoms with Gasteiger partial charge in [-0.15, -0.1) is 0 Å². The third kappa shape index (κ3) is 10.5. The van der Waals surface area contributed by atoms with Gasteiger partial charge in [-0.2, -0.15) is 0 Å². The molecule has 5 nitrogen and oxygen atoms in total. The normalized spacial score (nSPS) is 11.3. The summed E-state index contributed by atoms with van der Waals surface area (Å²) in [5.74, 6) is 2.80. The van der Waals surface area contributed by atoms with Crippen LogP contribution in [0, 0.1) is 13.8 Å². The lowest BCUT2D eigenvalue weighted by Gasteiger charge is -2.14. The molecule has 0 atom stereocenters. The van der Waals surface area contributed by atoms with E-state index in [1.54, 1.807) is 13.3 Å². The Bertz CT molecular complexity index is 836. The Balaban J connectivity index is 1.57. The summed E-state index contributed by atoms with van der Waals surface area (Å²) in [6.07, 6.45) is 11.9. The second-order valence-electron chi connectivity index (χ2n) is 8.03. The van der Waals surface area contributed by atoms with Crippen molar-refractivity contribution in [3.63, 3.8) is 0 Å². The highest BCUT2D eigenvalue weighted by molar-refractivity contribution is 5.56. The molecule has 0 heterocycles. The van der Waals surface area contributed by atoms with Crippen molar-refractivity contribution in [2.24, 2.45) is 5.16 Å². The van der Waals surface area contributed by atoms with Crippen molar-refractivity contribution in [2.45, 2.75) is 59.3 Å². The molecule has 0 unspecified atom stereocenters. The van der Waals surface area contributed by atoms with E-state index >= 15 is 0 Å². The van der Waals surface area contributed by atoms with E-state index in [-0.39, 0.29) is 0 Å². The molecule has 0 N–H and O–H groups in total. The van der Waals surface area contributed by atoms with Gasteiger partial charge in [-0.1, -0.05) is 29.4 Å². The lowest BCUT2D eigenvalue weighted by Crippen LogP contribution is -2.03. The fraction of sp³-hybridized carbons (Fsp3) is 0.464. The van der Waals surface area contributed by atoms with Gasteiger partial charge in [0.05, 0.1) is 13.2 Å². The van der Waals surface area contributed by atoms with Crippen LogP contribution in [0.5, 0.6) is 17.2 Å². The maximum atomic E-state index is 6.06. The van der Waals surface area contributed by atoms with Crippen molar-refractivity contribution in [2.75, 3.05) is 26.9 Å². The number of hydrogen-bond acceptors (Lipinski definition) is 5. The molecule has 0 spiro atoms. The van der Waals surface area contributed by atoms with E-state index in [9.17, 15) is 0 Å². The first-order valence-electron chi connectivity index (χ1n) is 11.9. The van der Waals surface area contributed by atoms with Crippen molar-refractivity contribution in [3.05, 3.63) is 65.2 Å². The van der Waals surface area contributed by atoms with E-state index in [0.29, 0.717) is 6.61 Å². The molecule has 0 aromatic heterocycles. The molecule has 2 aromatic carbocycles. The topological polar surface area (TPSA) is 49.3 Å². The summed E-state index contributed by atoms with van der Waals surface area (Å²) in [5.41, 5.74) is 3.51. The van der Waals surface area contributed by atoms with Crippen molar-refractivity contribution >= 4 is 6.21 Å². The molecule has 0 fully saturated rings. The summed E-state index contributed by atoms with van der Waals surface area (Å²) in [6, 6.07) is 12.4. The summed E-state index contributed by atoms with van der Waals surface area (Å²) in [6.45, 7) is 8.21. The first kappa shape index (κ1) is 26.3. The molecule has 0 aliphatic rings. The molecule has 0 aliphatic carbocycles. The molecular formula is C28H39NO4. The predicted molar refractivity (Wildman–Crippen MR) is 136 cm³/mol. The van der Waals surface area contributed by atoms with Gasteiger partial charge in [0, 0.05) is 6.21 Å². The van der Waals surface area contributed by atoms with Crippen molar-refractivity contribution in [1.82, 2.24) is 0 Å². The van der Waals surface area contributed by atoms with Crippen LogP contribution in [0.2, 0.25) is 0 Å². The van der Waals surface area contributed by atoms with Crippen molar-refractivity contribution in [3.8, 4) is 17.2 Å². The fourth-order valence-corrected chi connectivity index (χ4v) is 3.49. The van der Waals surface area contributed by atoms with Crippen LogP contribution in [-0.2, 0) is 11.3 Å². The number of allylic oxidation sites excluding steroid dienone is 1. The molecular weight excluding hydrogens is 414 g/mol. The number of ether oxygens (including phenoxy) is 3. The quantitative estimate of drug-likeness (QED) is 0.121. The average molecular weight is 454 g/mol. The molecule has 0 bridgehead atoms. The Hall–Kier alpha value is -2.95. The van der Waals surface area contributed by atoms with E-state index in [1.807, 2.05) is 43.3 Å². The standard InChI is InChI=1S/C28H39NO4/c1-5-6-18-32-27-21-23(2)28(24(3)22-27)33-20-10-8-7-9-19-31-26-15-13-25(14-16-26)12-11-17-29-30-4/h5-6,13-17,21-22H,7-12,18-20H2,1-4H3/b6-5+,29-17?. The molecule has 0 saturated heterocycles. The molecule has 180 valence electrons. The minimum absolute atomic E-state index is 0.593. The third-order valence-corrected chi connectivity index (χ3v) is 5.23. The minimum Gasteiger partial charge on any atom is -0.494 e. The van der Waals surface area contributed by atoms with E-state index in [0.717, 1.165) is 80.1 Å². The van der Waals surface area contributed by atoms with Gasteiger partial charge in [0.2, 0.25) is 0 Å². The molecule has 0 amide bonds. The van der Waals surface area contributed by atoms with E-state index in [4.69, 9.17) is 14.2 Å². The summed E-state index contributed by atoms with van der Waals surface area (Å²) < 4.78 is 17.7. The number of nitrogens with zero attached hydrogens (tertiary/aromatic N) is 1. The summed E-state index contributed by atoms with van der Waals surface area (Å²) in [7, 11) is 1.56. The Morgan fingerprint density at radius 1 is 0.818 bits per heavy atom. The maximum absolute atomic E-state index is 6.06. The van der Waals surface area contributed by atoms with Crippen LogP contribution in [0.3, 0.4) is 0 Å². The Kier molecular flexibility index (Phi) is 12.6. The highest BCUT2D eigenvalue weighted by Crippen LogP contribution is 2.28. The van der Waals surface area contributed by atoms with Gasteiger partial charge in [-0.3, -0.25) is 0 Å². The zero-order valence-electron chi connectivity index (χ0n) is 20.6. The number of hydrogen-bond donors (Lipinski definition) is 0. The SMILES string of the molecule is C/C=C/COc1cc(C)c(OCCCCCCOc2ccc(CCC=NOC)cc2)c(C)c1. The minimum atomic E-state index is 0.593. The monoisotopic (exact) mass is 453 g/mol. The smallest absolute Gasteiger partial charge is 0.125 e. The van der Waals surface area contributed by atoms with Crippen LogP contribution in [0.15, 0.2) is 53.7 Å². The first-order chi connectivity index (χ1) is 16.1. The zero-order chi connectivity index (χ0) is 23.7. The molecule has 33 heavy (non-hydrogen) atoms. The second kappa shape index (κ2) is 15.8. The van der Waals surface area contributed by atoms with Gasteiger partial charge in [0.25, 0.3) is 0 Å². The number of benzene rings is 2. The summed E-state index contributed by atoms with van der Waals surface area (Å²) in [4.78, 5) is 4.67. The van der Waals surface area contributed by atoms with Gasteiger partial charge in [0.15, 0.2) is 0 Å². The van der Waals surface area contributed by atoms with Crippen molar-refractivity contribution < 1.29 is 19.0 Å². The number of oxime groups is 1. The maximum Gasteiger partial charge on any atom is 0.125 e. The number of unbranched alkanes of at least 4 members (excludes halogenated alkanes) is 3. The van der Waals surface area contributed by atoms with E-state index in [2.05, 4.69) is 36.0 Å². The molecule has 0 aliphatic heterocycles. The summed E-state index contributed by atoms with van der Waals surface area (Å²) >= 11 is 0. The van der Waals surface area contributed by atoms with E-state index < -0.39 is 0 Å². The molecule has 2 rings (SSSR count). The third-order valence-electron chi connectivity index (χ3n) is 5.23.